The van der Waals surface area contributed by atoms with Gasteiger partial charge < -0.3 is 5.32 Å². The molecule has 0 bridgehead atoms. The molecule has 0 aliphatic carbocycles. The second kappa shape index (κ2) is 5.58. The normalized spacial score (nSPS) is 12.2. The zero-order chi connectivity index (χ0) is 13.1. The van der Waals surface area contributed by atoms with Crippen molar-refractivity contribution in [2.75, 3.05) is 0 Å². The molecule has 0 radical (unpaired) electrons. The van der Waals surface area contributed by atoms with Crippen LogP contribution in [0.4, 0.5) is 0 Å². The van der Waals surface area contributed by atoms with Gasteiger partial charge in [0.2, 0.25) is 0 Å². The second-order valence-electron chi connectivity index (χ2n) is 6.12. The average molecular weight is 235 g/mol. The fourth-order valence-corrected chi connectivity index (χ4v) is 1.60. The lowest BCUT2D eigenvalue weighted by Gasteiger charge is -2.20. The van der Waals surface area contributed by atoms with Crippen molar-refractivity contribution in [3.05, 3.63) is 23.3 Å². The van der Waals surface area contributed by atoms with Crippen LogP contribution < -0.4 is 5.32 Å². The summed E-state index contributed by atoms with van der Waals surface area (Å²) < 4.78 is 0. The summed E-state index contributed by atoms with van der Waals surface area (Å²) in [5.74, 6) is 1.56. The number of aromatic nitrogens is 2. The lowest BCUT2D eigenvalue weighted by Crippen LogP contribution is -2.35. The molecule has 1 rings (SSSR count). The lowest BCUT2D eigenvalue weighted by molar-refractivity contribution is 0.420. The quantitative estimate of drug-likeness (QED) is 0.872. The lowest BCUT2D eigenvalue weighted by atomic mass is 10.1. The van der Waals surface area contributed by atoms with Gasteiger partial charge in [-0.05, 0) is 39.7 Å². The molecule has 0 aromatic carbocycles. The molecule has 0 unspecified atom stereocenters. The highest BCUT2D eigenvalue weighted by Crippen LogP contribution is 2.08. The first-order valence-electron chi connectivity index (χ1n) is 6.35. The number of nitrogens with one attached hydrogen (secondary N) is 1. The SMILES string of the molecule is Cc1cc(CNC(C)(C)C)nc(CC(C)C)n1. The third-order valence-corrected chi connectivity index (χ3v) is 2.34. The summed E-state index contributed by atoms with van der Waals surface area (Å²) in [7, 11) is 0. The summed E-state index contributed by atoms with van der Waals surface area (Å²) in [6.07, 6.45) is 0.949. The molecule has 0 fully saturated rings. The fraction of sp³-hybridized carbons (Fsp3) is 0.714. The van der Waals surface area contributed by atoms with Crippen LogP contribution in [0.25, 0.3) is 0 Å². The van der Waals surface area contributed by atoms with E-state index in [2.05, 4.69) is 56.0 Å². The Bertz CT molecular complexity index is 364. The van der Waals surface area contributed by atoms with Crippen molar-refractivity contribution in [2.45, 2.75) is 60.0 Å². The molecule has 0 spiro atoms. The van der Waals surface area contributed by atoms with Crippen LogP contribution >= 0.6 is 0 Å². The minimum atomic E-state index is 0.122. The smallest absolute Gasteiger partial charge is 0.129 e. The van der Waals surface area contributed by atoms with Gasteiger partial charge in [-0.3, -0.25) is 0 Å². The molecule has 3 nitrogen and oxygen atoms in total. The van der Waals surface area contributed by atoms with E-state index in [9.17, 15) is 0 Å². The molecule has 0 saturated carbocycles. The van der Waals surface area contributed by atoms with Crippen molar-refractivity contribution in [1.29, 1.82) is 0 Å². The van der Waals surface area contributed by atoms with Crippen LogP contribution in [0.5, 0.6) is 0 Å². The Kier molecular flexibility index (Phi) is 4.63. The van der Waals surface area contributed by atoms with E-state index in [0.29, 0.717) is 5.92 Å². The summed E-state index contributed by atoms with van der Waals surface area (Å²) in [5, 5.41) is 3.46. The van der Waals surface area contributed by atoms with Crippen LogP contribution in [-0.2, 0) is 13.0 Å². The summed E-state index contributed by atoms with van der Waals surface area (Å²) >= 11 is 0. The number of nitrogens with zero attached hydrogens (tertiary/aromatic N) is 2. The predicted molar refractivity (Wildman–Crippen MR) is 71.9 cm³/mol. The van der Waals surface area contributed by atoms with Crippen molar-refractivity contribution >= 4 is 0 Å². The van der Waals surface area contributed by atoms with E-state index in [-0.39, 0.29) is 5.54 Å². The fourth-order valence-electron chi connectivity index (χ4n) is 1.60. The van der Waals surface area contributed by atoms with Crippen LogP contribution in [0.3, 0.4) is 0 Å². The standard InChI is InChI=1S/C14H25N3/c1-10(2)7-13-16-11(3)8-12(17-13)9-15-14(4,5)6/h8,10,15H,7,9H2,1-6H3. The zero-order valence-electron chi connectivity index (χ0n) is 12.0. The third kappa shape index (κ3) is 5.78. The van der Waals surface area contributed by atoms with E-state index in [1.54, 1.807) is 0 Å². The van der Waals surface area contributed by atoms with Gasteiger partial charge >= 0.3 is 0 Å². The largest absolute Gasteiger partial charge is 0.306 e. The van der Waals surface area contributed by atoms with Gasteiger partial charge in [-0.25, -0.2) is 9.97 Å². The maximum absolute atomic E-state index is 4.60. The Hall–Kier alpha value is -0.960. The molecular formula is C14H25N3. The molecule has 1 aromatic heterocycles. The Morgan fingerprint density at radius 2 is 1.88 bits per heavy atom. The molecule has 0 atom stereocenters. The van der Waals surface area contributed by atoms with E-state index >= 15 is 0 Å². The highest BCUT2D eigenvalue weighted by atomic mass is 15.0. The monoisotopic (exact) mass is 235 g/mol. The van der Waals surface area contributed by atoms with Crippen molar-refractivity contribution in [3.63, 3.8) is 0 Å². The average Bonchev–Trinajstić information content (AvgIpc) is 2.11. The molecule has 1 N–H and O–H groups in total. The molecule has 0 aliphatic rings. The van der Waals surface area contributed by atoms with Gasteiger partial charge in [-0.2, -0.15) is 0 Å². The van der Waals surface area contributed by atoms with E-state index in [0.717, 1.165) is 30.2 Å². The summed E-state index contributed by atoms with van der Waals surface area (Å²) in [5.41, 5.74) is 2.27. The number of hydrogen-bond donors (Lipinski definition) is 1. The van der Waals surface area contributed by atoms with Crippen LogP contribution in [0, 0.1) is 12.8 Å². The van der Waals surface area contributed by atoms with E-state index in [1.807, 2.05) is 6.92 Å². The first-order valence-corrected chi connectivity index (χ1v) is 6.35. The molecule has 0 amide bonds. The van der Waals surface area contributed by atoms with Crippen LogP contribution in [0.15, 0.2) is 6.07 Å². The Balaban J connectivity index is 2.75. The highest BCUT2D eigenvalue weighted by molar-refractivity contribution is 5.10. The molecule has 96 valence electrons. The van der Waals surface area contributed by atoms with Gasteiger partial charge in [0.1, 0.15) is 5.82 Å². The summed E-state index contributed by atoms with van der Waals surface area (Å²) in [4.78, 5) is 9.08. The van der Waals surface area contributed by atoms with Gasteiger partial charge in [-0.15, -0.1) is 0 Å². The van der Waals surface area contributed by atoms with Crippen molar-refractivity contribution in [1.82, 2.24) is 15.3 Å². The van der Waals surface area contributed by atoms with Crippen LogP contribution in [0.2, 0.25) is 0 Å². The Morgan fingerprint density at radius 1 is 1.24 bits per heavy atom. The molecular weight excluding hydrogens is 210 g/mol. The number of rotatable bonds is 4. The van der Waals surface area contributed by atoms with Crippen LogP contribution in [0.1, 0.15) is 51.8 Å². The first kappa shape index (κ1) is 14.1. The van der Waals surface area contributed by atoms with Gasteiger partial charge in [0.25, 0.3) is 0 Å². The van der Waals surface area contributed by atoms with E-state index in [1.165, 1.54) is 0 Å². The molecule has 0 aliphatic heterocycles. The number of hydrogen-bond acceptors (Lipinski definition) is 3. The maximum atomic E-state index is 4.60. The number of aryl methyl sites for hydroxylation is 1. The minimum absolute atomic E-state index is 0.122. The third-order valence-electron chi connectivity index (χ3n) is 2.34. The van der Waals surface area contributed by atoms with E-state index < -0.39 is 0 Å². The van der Waals surface area contributed by atoms with Crippen LogP contribution in [-0.4, -0.2) is 15.5 Å². The second-order valence-corrected chi connectivity index (χ2v) is 6.12. The molecule has 1 heterocycles. The topological polar surface area (TPSA) is 37.8 Å². The summed E-state index contributed by atoms with van der Waals surface area (Å²) in [6.45, 7) is 13.7. The predicted octanol–water partition coefficient (Wildman–Crippen LogP) is 2.87. The first-order chi connectivity index (χ1) is 7.76. The Labute approximate surface area is 105 Å². The Morgan fingerprint density at radius 3 is 2.41 bits per heavy atom. The molecule has 0 saturated heterocycles. The minimum Gasteiger partial charge on any atom is -0.306 e. The van der Waals surface area contributed by atoms with Gasteiger partial charge in [0.05, 0.1) is 5.69 Å². The zero-order valence-corrected chi connectivity index (χ0v) is 12.0. The van der Waals surface area contributed by atoms with Crippen molar-refractivity contribution in [2.24, 2.45) is 5.92 Å². The molecule has 17 heavy (non-hydrogen) atoms. The highest BCUT2D eigenvalue weighted by Gasteiger charge is 2.10. The molecule has 3 heteroatoms. The maximum Gasteiger partial charge on any atom is 0.129 e. The van der Waals surface area contributed by atoms with Gasteiger partial charge in [-0.1, -0.05) is 13.8 Å². The summed E-state index contributed by atoms with van der Waals surface area (Å²) in [6, 6.07) is 2.06. The van der Waals surface area contributed by atoms with E-state index in [4.69, 9.17) is 0 Å². The van der Waals surface area contributed by atoms with Gasteiger partial charge in [0, 0.05) is 24.2 Å². The van der Waals surface area contributed by atoms with Crippen molar-refractivity contribution in [3.8, 4) is 0 Å². The van der Waals surface area contributed by atoms with Gasteiger partial charge in [0.15, 0.2) is 0 Å². The molecule has 1 aromatic rings. The van der Waals surface area contributed by atoms with Crippen molar-refractivity contribution < 1.29 is 0 Å².